The molecule has 2 fully saturated rings. The van der Waals surface area contributed by atoms with Crippen LogP contribution in [0, 0.1) is 41.4 Å². The lowest BCUT2D eigenvalue weighted by Gasteiger charge is -2.55. The second kappa shape index (κ2) is 4.96. The molecule has 0 aromatic carbocycles. The van der Waals surface area contributed by atoms with Gasteiger partial charge in [-0.2, -0.15) is 0 Å². The number of rotatable bonds is 0. The van der Waals surface area contributed by atoms with Crippen molar-refractivity contribution in [1.29, 1.82) is 0 Å². The molecule has 4 rings (SSSR count). The summed E-state index contributed by atoms with van der Waals surface area (Å²) in [5, 5.41) is 11.0. The number of carbonyl (C=O) groups excluding carboxylic acids is 1. The minimum Gasteiger partial charge on any atom is -0.377 e. The second-order valence-corrected chi connectivity index (χ2v) is 8.82. The van der Waals surface area contributed by atoms with Gasteiger partial charge in [0, 0.05) is 18.3 Å². The molecule has 2 nitrogen and oxygen atoms in total. The Morgan fingerprint density at radius 2 is 2.04 bits per heavy atom. The van der Waals surface area contributed by atoms with Gasteiger partial charge in [0.1, 0.15) is 11.4 Å². The first kappa shape index (κ1) is 15.5. The Morgan fingerprint density at radius 3 is 2.78 bits per heavy atom. The van der Waals surface area contributed by atoms with E-state index in [-0.39, 0.29) is 5.41 Å². The van der Waals surface area contributed by atoms with Gasteiger partial charge >= 0.3 is 0 Å². The van der Waals surface area contributed by atoms with Crippen molar-refractivity contribution in [3.63, 3.8) is 0 Å². The average Bonchev–Trinajstić information content (AvgIpc) is 2.79. The molecule has 4 aliphatic carbocycles. The first-order valence-corrected chi connectivity index (χ1v) is 9.32. The fourth-order valence-corrected chi connectivity index (χ4v) is 6.72. The summed E-state index contributed by atoms with van der Waals surface area (Å²) in [4.78, 5) is 11.9. The highest BCUT2D eigenvalue weighted by molar-refractivity contribution is 5.82. The van der Waals surface area contributed by atoms with Crippen LogP contribution in [0.1, 0.15) is 65.2 Å². The number of Topliss-reactive ketones (excluding diaryl/α,β-unsaturated/α-hetero) is 1. The maximum absolute atomic E-state index is 11.9. The van der Waals surface area contributed by atoms with Crippen molar-refractivity contribution in [3.8, 4) is 12.3 Å². The summed E-state index contributed by atoms with van der Waals surface area (Å²) in [6.07, 6.45) is 13.2. The Balaban J connectivity index is 1.72. The minimum absolute atomic E-state index is 0.125. The van der Waals surface area contributed by atoms with Crippen LogP contribution in [0.15, 0.2) is 11.1 Å². The zero-order chi connectivity index (χ0) is 16.4. The number of allylic oxidation sites excluding steroid dienone is 2. The maximum Gasteiger partial charge on any atom is 0.137 e. The summed E-state index contributed by atoms with van der Waals surface area (Å²) in [5.74, 6) is 5.60. The molecule has 0 radical (unpaired) electrons. The van der Waals surface area contributed by atoms with Crippen LogP contribution in [0.3, 0.4) is 0 Å². The Morgan fingerprint density at radius 1 is 1.26 bits per heavy atom. The Hall–Kier alpha value is -1.07. The smallest absolute Gasteiger partial charge is 0.137 e. The van der Waals surface area contributed by atoms with E-state index in [0.717, 1.165) is 44.9 Å². The van der Waals surface area contributed by atoms with Crippen molar-refractivity contribution >= 4 is 5.78 Å². The van der Waals surface area contributed by atoms with Crippen molar-refractivity contribution in [3.05, 3.63) is 11.1 Å². The zero-order valence-corrected chi connectivity index (χ0v) is 14.4. The monoisotopic (exact) mass is 312 g/mol. The van der Waals surface area contributed by atoms with Gasteiger partial charge in [-0.05, 0) is 62.2 Å². The average molecular weight is 312 g/mol. The first-order chi connectivity index (χ1) is 10.9. The largest absolute Gasteiger partial charge is 0.377 e. The quantitative estimate of drug-likeness (QED) is 0.544. The van der Waals surface area contributed by atoms with Crippen LogP contribution < -0.4 is 0 Å². The van der Waals surface area contributed by atoms with Crippen molar-refractivity contribution < 1.29 is 9.90 Å². The molecule has 124 valence electrons. The molecule has 1 N–H and O–H groups in total. The molecule has 23 heavy (non-hydrogen) atoms. The van der Waals surface area contributed by atoms with Crippen molar-refractivity contribution in [1.82, 2.24) is 0 Å². The van der Waals surface area contributed by atoms with E-state index in [0.29, 0.717) is 35.9 Å². The zero-order valence-electron chi connectivity index (χ0n) is 14.4. The van der Waals surface area contributed by atoms with E-state index in [9.17, 15) is 9.90 Å². The third kappa shape index (κ3) is 1.96. The topological polar surface area (TPSA) is 37.3 Å². The lowest BCUT2D eigenvalue weighted by Crippen LogP contribution is -2.52. The first-order valence-electron chi connectivity index (χ1n) is 9.32. The van der Waals surface area contributed by atoms with Crippen LogP contribution in [0.2, 0.25) is 0 Å². The predicted octanol–water partition coefficient (Wildman–Crippen LogP) is 3.88. The van der Waals surface area contributed by atoms with E-state index in [1.807, 2.05) is 0 Å². The third-order valence-electron chi connectivity index (χ3n) is 7.93. The standard InChI is InChI=1S/C21H28O2/c1-4-21(23)10-8-18-19-13(2)11-14-12-15(22)5-6-16(14)17(19)7-9-20(18,21)3/h1,13,17-19,23H,5-12H2,2-3H3/t13-,17-,18-,19?,20+,21+/m1/s1. The predicted molar refractivity (Wildman–Crippen MR) is 90.5 cm³/mol. The molecule has 0 heterocycles. The number of hydrogen-bond donors (Lipinski definition) is 1. The van der Waals surface area contributed by atoms with Crippen LogP contribution in [0.4, 0.5) is 0 Å². The number of terminal acetylenes is 1. The molecule has 0 aromatic heterocycles. The third-order valence-corrected chi connectivity index (χ3v) is 7.93. The molecule has 2 heteroatoms. The summed E-state index contributed by atoms with van der Waals surface area (Å²) in [6.45, 7) is 4.60. The summed E-state index contributed by atoms with van der Waals surface area (Å²) < 4.78 is 0. The molecule has 0 spiro atoms. The molecule has 2 saturated carbocycles. The van der Waals surface area contributed by atoms with E-state index in [1.54, 1.807) is 5.57 Å². The van der Waals surface area contributed by atoms with E-state index < -0.39 is 5.60 Å². The van der Waals surface area contributed by atoms with Gasteiger partial charge in [-0.3, -0.25) is 4.79 Å². The fourth-order valence-electron chi connectivity index (χ4n) is 6.72. The van der Waals surface area contributed by atoms with Gasteiger partial charge in [0.25, 0.3) is 0 Å². The second-order valence-electron chi connectivity index (χ2n) is 8.82. The van der Waals surface area contributed by atoms with E-state index in [2.05, 4.69) is 19.8 Å². The van der Waals surface area contributed by atoms with E-state index >= 15 is 0 Å². The van der Waals surface area contributed by atoms with Gasteiger partial charge in [-0.15, -0.1) is 6.42 Å². The Bertz CT molecular complexity index is 624. The van der Waals surface area contributed by atoms with Gasteiger partial charge < -0.3 is 5.11 Å². The number of ketones is 1. The van der Waals surface area contributed by atoms with Gasteiger partial charge in [-0.25, -0.2) is 0 Å². The normalized spacial score (nSPS) is 49.2. The minimum atomic E-state index is -0.917. The van der Waals surface area contributed by atoms with Gasteiger partial charge in [-0.1, -0.05) is 30.9 Å². The molecule has 0 aliphatic heterocycles. The van der Waals surface area contributed by atoms with Crippen molar-refractivity contribution in [2.45, 2.75) is 70.8 Å². The lowest BCUT2D eigenvalue weighted by atomic mass is 9.50. The molecule has 4 aliphatic rings. The Labute approximate surface area is 139 Å². The van der Waals surface area contributed by atoms with Crippen LogP contribution in [-0.2, 0) is 4.79 Å². The van der Waals surface area contributed by atoms with E-state index in [1.165, 1.54) is 5.57 Å². The summed E-state index contributed by atoms with van der Waals surface area (Å²) >= 11 is 0. The number of carbonyl (C=O) groups is 1. The number of fused-ring (bicyclic) bond motifs is 4. The highest BCUT2D eigenvalue weighted by Crippen LogP contribution is 2.65. The van der Waals surface area contributed by atoms with Gasteiger partial charge in [0.2, 0.25) is 0 Å². The van der Waals surface area contributed by atoms with Crippen LogP contribution in [0.25, 0.3) is 0 Å². The summed E-state index contributed by atoms with van der Waals surface area (Å²) in [7, 11) is 0. The number of aliphatic hydroxyl groups is 1. The molecule has 6 atom stereocenters. The highest BCUT2D eigenvalue weighted by atomic mass is 16.3. The molecule has 0 bridgehead atoms. The van der Waals surface area contributed by atoms with Crippen molar-refractivity contribution in [2.24, 2.45) is 29.1 Å². The molecular formula is C21H28O2. The Kier molecular flexibility index (Phi) is 3.34. The SMILES string of the molecule is C#C[C@]1(O)CC[C@@H]2C3[C@H](C)CC4=C(CCC(=O)C4)[C@H]3CC[C@@]21C. The van der Waals surface area contributed by atoms with Gasteiger partial charge in [0.15, 0.2) is 0 Å². The molecule has 0 saturated heterocycles. The molecule has 0 aromatic rings. The molecule has 0 amide bonds. The van der Waals surface area contributed by atoms with Gasteiger partial charge in [0.05, 0.1) is 0 Å². The summed E-state index contributed by atoms with van der Waals surface area (Å²) in [5.41, 5.74) is 2.04. The van der Waals surface area contributed by atoms with Crippen LogP contribution in [-0.4, -0.2) is 16.5 Å². The van der Waals surface area contributed by atoms with Crippen LogP contribution in [0.5, 0.6) is 0 Å². The number of hydrogen-bond acceptors (Lipinski definition) is 2. The lowest BCUT2D eigenvalue weighted by molar-refractivity contribution is -0.119. The molecule has 1 unspecified atom stereocenters. The molecular weight excluding hydrogens is 284 g/mol. The summed E-state index contributed by atoms with van der Waals surface area (Å²) in [6, 6.07) is 0. The van der Waals surface area contributed by atoms with Crippen LogP contribution >= 0.6 is 0 Å². The van der Waals surface area contributed by atoms with Crippen molar-refractivity contribution in [2.75, 3.05) is 0 Å². The maximum atomic E-state index is 11.9. The highest BCUT2D eigenvalue weighted by Gasteiger charge is 2.62. The fraction of sp³-hybridized carbons (Fsp3) is 0.762. The van der Waals surface area contributed by atoms with E-state index in [4.69, 9.17) is 6.42 Å².